The topological polar surface area (TPSA) is 44.8 Å². The fourth-order valence-electron chi connectivity index (χ4n) is 1.55. The molecule has 0 heterocycles. The maximum absolute atomic E-state index is 11.2. The van der Waals surface area contributed by atoms with Crippen molar-refractivity contribution >= 4 is 12.0 Å². The summed E-state index contributed by atoms with van der Waals surface area (Å²) in [5.74, 6) is 1.08. The number of methoxy groups -OCH3 is 2. The van der Waals surface area contributed by atoms with Gasteiger partial charge in [0.25, 0.3) is 0 Å². The highest BCUT2D eigenvalue weighted by atomic mass is 16.5. The van der Waals surface area contributed by atoms with E-state index in [1.165, 1.54) is 0 Å². The van der Waals surface area contributed by atoms with Crippen molar-refractivity contribution in [3.05, 3.63) is 29.8 Å². The third kappa shape index (κ3) is 3.80. The first-order valence-corrected chi connectivity index (χ1v) is 5.76. The van der Waals surface area contributed by atoms with Crippen LogP contribution in [0.15, 0.2) is 24.3 Å². The van der Waals surface area contributed by atoms with Crippen molar-refractivity contribution in [2.24, 2.45) is 0 Å². The van der Waals surface area contributed by atoms with Crippen molar-refractivity contribution in [1.82, 2.24) is 0 Å². The Morgan fingerprint density at radius 3 is 2.67 bits per heavy atom. The quantitative estimate of drug-likeness (QED) is 0.728. The van der Waals surface area contributed by atoms with Crippen LogP contribution >= 0.6 is 0 Å². The second-order valence-corrected chi connectivity index (χ2v) is 3.49. The minimum atomic E-state index is -0.240. The van der Waals surface area contributed by atoms with Gasteiger partial charge in [0.05, 0.1) is 27.2 Å². The zero-order chi connectivity index (χ0) is 13.4. The molecule has 0 N–H and O–H groups in total. The molecule has 1 rings (SSSR count). The van der Waals surface area contributed by atoms with Crippen LogP contribution in [0.25, 0.3) is 6.08 Å². The predicted octanol–water partition coefficient (Wildman–Crippen LogP) is 2.67. The van der Waals surface area contributed by atoms with Gasteiger partial charge in [0, 0.05) is 5.56 Å². The van der Waals surface area contributed by atoms with Crippen molar-refractivity contribution in [1.29, 1.82) is 0 Å². The average Bonchev–Trinajstić information content (AvgIpc) is 2.38. The number of rotatable bonds is 6. The monoisotopic (exact) mass is 250 g/mol. The predicted molar refractivity (Wildman–Crippen MR) is 69.8 cm³/mol. The second kappa shape index (κ2) is 7.37. The van der Waals surface area contributed by atoms with Crippen molar-refractivity contribution in [2.45, 2.75) is 13.3 Å². The Morgan fingerprint density at radius 2 is 2.06 bits per heavy atom. The van der Waals surface area contributed by atoms with E-state index in [2.05, 4.69) is 0 Å². The lowest BCUT2D eigenvalue weighted by molar-refractivity contribution is -0.142. The van der Waals surface area contributed by atoms with Gasteiger partial charge in [0.15, 0.2) is 11.5 Å². The largest absolute Gasteiger partial charge is 0.493 e. The fourth-order valence-corrected chi connectivity index (χ4v) is 1.55. The van der Waals surface area contributed by atoms with E-state index in [1.807, 2.05) is 24.3 Å². The number of carbonyl (C=O) groups excluding carboxylic acids is 1. The molecule has 0 aliphatic rings. The molecule has 18 heavy (non-hydrogen) atoms. The zero-order valence-corrected chi connectivity index (χ0v) is 10.9. The summed E-state index contributed by atoms with van der Waals surface area (Å²) in [5.41, 5.74) is 0.862. The molecule has 0 spiro atoms. The molecule has 98 valence electrons. The normalized spacial score (nSPS) is 10.4. The highest BCUT2D eigenvalue weighted by molar-refractivity contribution is 5.73. The van der Waals surface area contributed by atoms with Crippen LogP contribution in [0.1, 0.15) is 18.9 Å². The molecule has 0 fully saturated rings. The Bertz CT molecular complexity index is 424. The van der Waals surface area contributed by atoms with Gasteiger partial charge >= 0.3 is 5.97 Å². The fraction of sp³-hybridized carbons (Fsp3) is 0.357. The van der Waals surface area contributed by atoms with E-state index in [9.17, 15) is 4.79 Å². The Kier molecular flexibility index (Phi) is 5.77. The smallest absolute Gasteiger partial charge is 0.309 e. The molecule has 4 heteroatoms. The van der Waals surface area contributed by atoms with E-state index in [0.29, 0.717) is 18.1 Å². The molecule has 0 amide bonds. The second-order valence-electron chi connectivity index (χ2n) is 3.49. The summed E-state index contributed by atoms with van der Waals surface area (Å²) in [4.78, 5) is 11.2. The third-order valence-electron chi connectivity index (χ3n) is 2.32. The summed E-state index contributed by atoms with van der Waals surface area (Å²) in [5, 5.41) is 0. The van der Waals surface area contributed by atoms with Crippen LogP contribution in [0.5, 0.6) is 11.5 Å². The third-order valence-corrected chi connectivity index (χ3v) is 2.32. The molecule has 0 unspecified atom stereocenters. The van der Waals surface area contributed by atoms with Crippen LogP contribution in [0, 0.1) is 0 Å². The van der Waals surface area contributed by atoms with Gasteiger partial charge in [-0.15, -0.1) is 0 Å². The van der Waals surface area contributed by atoms with Crippen molar-refractivity contribution in [3.8, 4) is 11.5 Å². The van der Waals surface area contributed by atoms with Gasteiger partial charge in [0.2, 0.25) is 0 Å². The Labute approximate surface area is 107 Å². The van der Waals surface area contributed by atoms with E-state index in [1.54, 1.807) is 27.2 Å². The lowest BCUT2D eigenvalue weighted by Gasteiger charge is -2.09. The SMILES string of the molecule is CCOC(=O)CC=Cc1cccc(OC)c1OC. The number of hydrogen-bond acceptors (Lipinski definition) is 4. The maximum atomic E-state index is 11.2. The van der Waals surface area contributed by atoms with Crippen LogP contribution < -0.4 is 9.47 Å². The molecule has 0 radical (unpaired) electrons. The summed E-state index contributed by atoms with van der Waals surface area (Å²) < 4.78 is 15.3. The summed E-state index contributed by atoms with van der Waals surface area (Å²) in [6, 6.07) is 5.58. The number of hydrogen-bond donors (Lipinski definition) is 0. The van der Waals surface area contributed by atoms with Gasteiger partial charge in [0.1, 0.15) is 0 Å². The van der Waals surface area contributed by atoms with Crippen molar-refractivity contribution in [3.63, 3.8) is 0 Å². The van der Waals surface area contributed by atoms with E-state index in [-0.39, 0.29) is 12.4 Å². The van der Waals surface area contributed by atoms with Crippen LogP contribution in [-0.4, -0.2) is 26.8 Å². The van der Waals surface area contributed by atoms with Gasteiger partial charge in [-0.05, 0) is 13.0 Å². The van der Waals surface area contributed by atoms with Gasteiger partial charge in [-0.3, -0.25) is 4.79 Å². The van der Waals surface area contributed by atoms with Crippen molar-refractivity contribution in [2.75, 3.05) is 20.8 Å². The van der Waals surface area contributed by atoms with Crippen LogP contribution in [0.2, 0.25) is 0 Å². The standard InChI is InChI=1S/C14H18O4/c1-4-18-13(15)10-6-8-11-7-5-9-12(16-2)14(11)17-3/h5-9H,4,10H2,1-3H3. The van der Waals surface area contributed by atoms with Gasteiger partial charge in [-0.25, -0.2) is 0 Å². The van der Waals surface area contributed by atoms with E-state index >= 15 is 0 Å². The molecule has 0 bridgehead atoms. The molecule has 0 saturated carbocycles. The highest BCUT2D eigenvalue weighted by Gasteiger charge is 2.06. The van der Waals surface area contributed by atoms with Gasteiger partial charge in [-0.1, -0.05) is 24.3 Å². The maximum Gasteiger partial charge on any atom is 0.309 e. The van der Waals surface area contributed by atoms with Gasteiger partial charge < -0.3 is 14.2 Å². The first kappa shape index (κ1) is 14.1. The molecular weight excluding hydrogens is 232 g/mol. The molecule has 1 aromatic rings. The van der Waals surface area contributed by atoms with E-state index in [4.69, 9.17) is 14.2 Å². The lowest BCUT2D eigenvalue weighted by atomic mass is 10.1. The summed E-state index contributed by atoms with van der Waals surface area (Å²) in [7, 11) is 3.17. The Morgan fingerprint density at radius 1 is 1.28 bits per heavy atom. The molecule has 0 aromatic heterocycles. The number of para-hydroxylation sites is 1. The lowest BCUT2D eigenvalue weighted by Crippen LogP contribution is -2.01. The summed E-state index contributed by atoms with van der Waals surface area (Å²) >= 11 is 0. The van der Waals surface area contributed by atoms with Crippen LogP contribution in [-0.2, 0) is 9.53 Å². The van der Waals surface area contributed by atoms with E-state index < -0.39 is 0 Å². The van der Waals surface area contributed by atoms with Gasteiger partial charge in [-0.2, -0.15) is 0 Å². The highest BCUT2D eigenvalue weighted by Crippen LogP contribution is 2.31. The molecule has 4 nitrogen and oxygen atoms in total. The van der Waals surface area contributed by atoms with Crippen LogP contribution in [0.3, 0.4) is 0 Å². The number of esters is 1. The number of benzene rings is 1. The molecular formula is C14H18O4. The first-order chi connectivity index (χ1) is 8.72. The molecule has 0 atom stereocenters. The van der Waals surface area contributed by atoms with E-state index in [0.717, 1.165) is 5.56 Å². The zero-order valence-electron chi connectivity index (χ0n) is 10.9. The summed E-state index contributed by atoms with van der Waals surface area (Å²) in [6.07, 6.45) is 3.81. The minimum Gasteiger partial charge on any atom is -0.493 e. The molecule has 1 aromatic carbocycles. The molecule has 0 aliphatic heterocycles. The number of ether oxygens (including phenoxy) is 3. The first-order valence-electron chi connectivity index (χ1n) is 5.76. The Hall–Kier alpha value is -1.97. The molecule has 0 aliphatic carbocycles. The van der Waals surface area contributed by atoms with Crippen LogP contribution in [0.4, 0.5) is 0 Å². The van der Waals surface area contributed by atoms with Crippen molar-refractivity contribution < 1.29 is 19.0 Å². The molecule has 0 saturated heterocycles. The average molecular weight is 250 g/mol. The Balaban J connectivity index is 2.77. The number of carbonyl (C=O) groups is 1. The minimum absolute atomic E-state index is 0.240. The summed E-state index contributed by atoms with van der Waals surface area (Å²) in [6.45, 7) is 2.18.